The second kappa shape index (κ2) is 51.8. The van der Waals surface area contributed by atoms with Gasteiger partial charge in [-0.05, 0) is 109 Å². The van der Waals surface area contributed by atoms with Crippen LogP contribution in [0.25, 0.3) is 0 Å². The van der Waals surface area contributed by atoms with Gasteiger partial charge >= 0.3 is 5.97 Å². The molecule has 1 saturated heterocycles. The van der Waals surface area contributed by atoms with Crippen LogP contribution in [-0.4, -0.2) is 99.6 Å². The fraction of sp³-hybridized carbons (Fsp3) is 0.662. The standard InChI is InChI=1S/C65H107NO10/c1-4-7-10-13-16-19-22-25-27-28-29-30-31-32-34-37-40-43-46-49-52-58(69)64(73)66-56(57(68)51-48-45-42-39-36-33-24-21-18-15-12-9-6-3)55-74-65-63(62(72)61(71)59(54-67)75-65)76-60(70)53-50-47-44-41-38-35-26-23-20-17-14-11-8-5-2/h7-8,10-11,16-17,19-20,25-27,29-30,32,34-35,40,43,48,51,56-59,61-63,65,67-69,71-72H,4-6,9,12-15,18,21-24,28,31,33,36-39,41-42,44-47,49-50,52-55H2,1-3H3,(H,66,73)/b10-7-,11-8+,19-16-,20-17+,27-25-,30-29-,34-32-,35-26+,43-40-,51-48+. The van der Waals surface area contributed by atoms with Crippen LogP contribution in [0.5, 0.6) is 0 Å². The van der Waals surface area contributed by atoms with Gasteiger partial charge in [-0.3, -0.25) is 9.59 Å². The summed E-state index contributed by atoms with van der Waals surface area (Å²) in [5, 5.41) is 56.9. The van der Waals surface area contributed by atoms with Crippen LogP contribution < -0.4 is 5.32 Å². The zero-order valence-corrected chi connectivity index (χ0v) is 47.6. The summed E-state index contributed by atoms with van der Waals surface area (Å²) in [6.07, 6.45) is 61.0. The topological polar surface area (TPSA) is 175 Å². The highest BCUT2D eigenvalue weighted by Gasteiger charge is 2.47. The maximum absolute atomic E-state index is 13.4. The Hall–Kier alpha value is -3.94. The van der Waals surface area contributed by atoms with E-state index in [2.05, 4.69) is 129 Å². The van der Waals surface area contributed by atoms with E-state index in [1.165, 1.54) is 51.4 Å². The van der Waals surface area contributed by atoms with Gasteiger partial charge in [0.2, 0.25) is 5.91 Å². The smallest absolute Gasteiger partial charge is 0.306 e. The van der Waals surface area contributed by atoms with E-state index in [0.717, 1.165) is 109 Å². The van der Waals surface area contributed by atoms with Gasteiger partial charge in [0.1, 0.15) is 24.4 Å². The number of aliphatic hydroxyl groups is 5. The van der Waals surface area contributed by atoms with Gasteiger partial charge in [-0.25, -0.2) is 0 Å². The monoisotopic (exact) mass is 1060 g/mol. The molecule has 1 aliphatic heterocycles. The van der Waals surface area contributed by atoms with Crippen LogP contribution in [0.15, 0.2) is 122 Å². The molecule has 76 heavy (non-hydrogen) atoms. The van der Waals surface area contributed by atoms with Gasteiger partial charge in [-0.1, -0.05) is 219 Å². The molecular formula is C65H107NO10. The number of ether oxygens (including phenoxy) is 3. The summed E-state index contributed by atoms with van der Waals surface area (Å²) in [7, 11) is 0. The molecule has 1 aliphatic rings. The number of carbonyl (C=O) groups excluding carboxylic acids is 2. The minimum Gasteiger partial charge on any atom is -0.454 e. The molecule has 0 radical (unpaired) electrons. The van der Waals surface area contributed by atoms with E-state index < -0.39 is 67.4 Å². The van der Waals surface area contributed by atoms with E-state index in [1.807, 2.05) is 12.2 Å². The molecule has 1 fully saturated rings. The maximum atomic E-state index is 13.4. The molecule has 432 valence electrons. The molecule has 0 spiro atoms. The van der Waals surface area contributed by atoms with Gasteiger partial charge in [0.15, 0.2) is 12.4 Å². The Kier molecular flexibility index (Phi) is 47.8. The normalized spacial score (nSPS) is 20.0. The highest BCUT2D eigenvalue weighted by Crippen LogP contribution is 2.26. The number of unbranched alkanes of at least 4 members (excludes halogenated alkanes) is 16. The first-order valence-corrected chi connectivity index (χ1v) is 29.8. The molecular weight excluding hydrogens is 955 g/mol. The van der Waals surface area contributed by atoms with Gasteiger partial charge in [0, 0.05) is 6.42 Å². The predicted octanol–water partition coefficient (Wildman–Crippen LogP) is 13.9. The number of esters is 1. The Morgan fingerprint density at radius 1 is 0.526 bits per heavy atom. The number of aliphatic hydroxyl groups excluding tert-OH is 5. The Morgan fingerprint density at radius 3 is 1.42 bits per heavy atom. The summed E-state index contributed by atoms with van der Waals surface area (Å²) in [4.78, 5) is 26.5. The molecule has 0 aromatic carbocycles. The lowest BCUT2D eigenvalue weighted by Gasteiger charge is -2.41. The third-order valence-electron chi connectivity index (χ3n) is 13.1. The predicted molar refractivity (Wildman–Crippen MR) is 314 cm³/mol. The molecule has 6 N–H and O–H groups in total. The van der Waals surface area contributed by atoms with Gasteiger partial charge < -0.3 is 45.1 Å². The van der Waals surface area contributed by atoms with E-state index in [1.54, 1.807) is 6.08 Å². The van der Waals surface area contributed by atoms with E-state index in [9.17, 15) is 35.1 Å². The summed E-state index contributed by atoms with van der Waals surface area (Å²) in [6, 6.07) is -1.06. The quantitative estimate of drug-likeness (QED) is 0.0195. The third kappa shape index (κ3) is 39.4. The summed E-state index contributed by atoms with van der Waals surface area (Å²) in [5.74, 6) is -1.27. The van der Waals surface area contributed by atoms with Crippen molar-refractivity contribution >= 4 is 11.9 Å². The van der Waals surface area contributed by atoms with Crippen LogP contribution in [0.2, 0.25) is 0 Å². The lowest BCUT2D eigenvalue weighted by molar-refractivity contribution is -0.305. The number of amides is 1. The first-order chi connectivity index (χ1) is 37.2. The van der Waals surface area contributed by atoms with Crippen LogP contribution in [0.3, 0.4) is 0 Å². The second-order valence-electron chi connectivity index (χ2n) is 20.0. The first-order valence-electron chi connectivity index (χ1n) is 29.8. The van der Waals surface area contributed by atoms with Crippen molar-refractivity contribution < 1.29 is 49.3 Å². The largest absolute Gasteiger partial charge is 0.454 e. The van der Waals surface area contributed by atoms with Crippen LogP contribution in [-0.2, 0) is 23.8 Å². The Balaban J connectivity index is 2.78. The number of nitrogens with one attached hydrogen (secondary N) is 1. The molecule has 0 bridgehead atoms. The van der Waals surface area contributed by atoms with Crippen molar-refractivity contribution in [2.24, 2.45) is 0 Å². The van der Waals surface area contributed by atoms with Crippen molar-refractivity contribution in [2.45, 2.75) is 262 Å². The zero-order valence-electron chi connectivity index (χ0n) is 47.6. The fourth-order valence-corrected chi connectivity index (χ4v) is 8.44. The lowest BCUT2D eigenvalue weighted by Crippen LogP contribution is -2.61. The molecule has 1 amide bonds. The van der Waals surface area contributed by atoms with Crippen LogP contribution >= 0.6 is 0 Å². The third-order valence-corrected chi connectivity index (χ3v) is 13.1. The van der Waals surface area contributed by atoms with Gasteiger partial charge in [-0.15, -0.1) is 0 Å². The number of carbonyl (C=O) groups is 2. The van der Waals surface area contributed by atoms with E-state index >= 15 is 0 Å². The molecule has 11 heteroatoms. The van der Waals surface area contributed by atoms with Crippen molar-refractivity contribution in [3.63, 3.8) is 0 Å². The molecule has 0 aromatic rings. The molecule has 8 unspecified atom stereocenters. The summed E-state index contributed by atoms with van der Waals surface area (Å²) >= 11 is 0. The van der Waals surface area contributed by atoms with Crippen molar-refractivity contribution in [1.29, 1.82) is 0 Å². The SMILES string of the molecule is CC/C=C\C/C=C\C/C=C\C/C=C\C/C=C\C/C=C\CCCC(O)C(=O)NC(COC1OC(CO)C(O)C(O)C1OC(=O)CCCCCC/C=C/C/C=C/C/C=C/CC)C(O)/C=C/CCCCCCCCCCCCC. The number of allylic oxidation sites excluding steroid dienone is 19. The number of rotatable bonds is 48. The summed E-state index contributed by atoms with van der Waals surface area (Å²) in [6.45, 7) is 5.50. The van der Waals surface area contributed by atoms with Gasteiger partial charge in [0.25, 0.3) is 0 Å². The second-order valence-corrected chi connectivity index (χ2v) is 20.0. The van der Waals surface area contributed by atoms with Crippen molar-refractivity contribution in [1.82, 2.24) is 5.32 Å². The Bertz CT molecular complexity index is 1690. The molecule has 1 heterocycles. The Morgan fingerprint density at radius 2 is 0.947 bits per heavy atom. The lowest BCUT2D eigenvalue weighted by atomic mass is 9.99. The molecule has 1 rings (SSSR count). The summed E-state index contributed by atoms with van der Waals surface area (Å²) in [5.41, 5.74) is 0. The van der Waals surface area contributed by atoms with Crippen molar-refractivity contribution in [3.8, 4) is 0 Å². The van der Waals surface area contributed by atoms with E-state index in [4.69, 9.17) is 14.2 Å². The van der Waals surface area contributed by atoms with Gasteiger partial charge in [-0.2, -0.15) is 0 Å². The highest BCUT2D eigenvalue weighted by atomic mass is 16.7. The molecule has 0 saturated carbocycles. The van der Waals surface area contributed by atoms with Gasteiger partial charge in [0.05, 0.1) is 25.4 Å². The average molecular weight is 1060 g/mol. The molecule has 0 aliphatic carbocycles. The van der Waals surface area contributed by atoms with Crippen molar-refractivity contribution in [3.05, 3.63) is 122 Å². The zero-order chi connectivity index (χ0) is 55.4. The fourth-order valence-electron chi connectivity index (χ4n) is 8.44. The minimum absolute atomic E-state index is 0.0852. The average Bonchev–Trinajstić information content (AvgIpc) is 3.42. The maximum Gasteiger partial charge on any atom is 0.306 e. The van der Waals surface area contributed by atoms with Crippen LogP contribution in [0, 0.1) is 0 Å². The first kappa shape index (κ1) is 70.1. The summed E-state index contributed by atoms with van der Waals surface area (Å²) < 4.78 is 17.5. The van der Waals surface area contributed by atoms with E-state index in [0.29, 0.717) is 19.3 Å². The Labute approximate surface area is 461 Å². The molecule has 0 aromatic heterocycles. The van der Waals surface area contributed by atoms with Crippen molar-refractivity contribution in [2.75, 3.05) is 13.2 Å². The number of hydrogen-bond donors (Lipinski definition) is 6. The highest BCUT2D eigenvalue weighted by molar-refractivity contribution is 5.80. The number of hydrogen-bond acceptors (Lipinski definition) is 10. The van der Waals surface area contributed by atoms with Crippen LogP contribution in [0.1, 0.15) is 213 Å². The van der Waals surface area contributed by atoms with Crippen LogP contribution in [0.4, 0.5) is 0 Å². The molecule has 11 nitrogen and oxygen atoms in total. The molecule has 8 atom stereocenters. The minimum atomic E-state index is -1.64. The van der Waals surface area contributed by atoms with E-state index in [-0.39, 0.29) is 19.4 Å².